The third kappa shape index (κ3) is 2.78. The first-order chi connectivity index (χ1) is 12.6. The maximum absolute atomic E-state index is 12.2. The number of aromatic nitrogens is 4. The molecule has 0 spiro atoms. The van der Waals surface area contributed by atoms with Crippen LogP contribution >= 0.6 is 0 Å². The van der Waals surface area contributed by atoms with Crippen LogP contribution in [0.4, 0.5) is 0 Å². The Bertz CT molecular complexity index is 921. The Balaban J connectivity index is 1.55. The molecule has 1 aliphatic heterocycles. The molecule has 1 aromatic carbocycles. The van der Waals surface area contributed by atoms with E-state index in [9.17, 15) is 9.90 Å². The van der Waals surface area contributed by atoms with Gasteiger partial charge >= 0.3 is 5.97 Å². The van der Waals surface area contributed by atoms with Crippen molar-refractivity contribution in [1.29, 1.82) is 0 Å². The number of aliphatic carboxylic acids is 1. The van der Waals surface area contributed by atoms with Gasteiger partial charge in [0.25, 0.3) is 0 Å². The van der Waals surface area contributed by atoms with Gasteiger partial charge in [-0.2, -0.15) is 5.10 Å². The number of benzene rings is 1. The summed E-state index contributed by atoms with van der Waals surface area (Å²) in [6, 6.07) is 7.71. The predicted molar refractivity (Wildman–Crippen MR) is 97.8 cm³/mol. The molecule has 7 heteroatoms. The van der Waals surface area contributed by atoms with Gasteiger partial charge in [0.1, 0.15) is 5.54 Å². The van der Waals surface area contributed by atoms with E-state index in [0.717, 1.165) is 37.2 Å². The Morgan fingerprint density at radius 3 is 2.73 bits per heavy atom. The fourth-order valence-corrected chi connectivity index (χ4v) is 3.86. The molecule has 1 aliphatic rings. The third-order valence-corrected chi connectivity index (χ3v) is 5.41. The SMILES string of the molecule is CCn1cc(CN2CCC(C(=O)O)(n3cnc4ccccc43)CC2)cn1. The van der Waals surface area contributed by atoms with Crippen molar-refractivity contribution >= 4 is 17.0 Å². The van der Waals surface area contributed by atoms with Gasteiger partial charge in [-0.3, -0.25) is 9.58 Å². The van der Waals surface area contributed by atoms with Crippen molar-refractivity contribution in [3.63, 3.8) is 0 Å². The lowest BCUT2D eigenvalue weighted by atomic mass is 9.86. The highest BCUT2D eigenvalue weighted by molar-refractivity contribution is 5.82. The van der Waals surface area contributed by atoms with Gasteiger partial charge in [-0.1, -0.05) is 12.1 Å². The summed E-state index contributed by atoms with van der Waals surface area (Å²) in [6.45, 7) is 5.19. The van der Waals surface area contributed by atoms with Gasteiger partial charge in [0.15, 0.2) is 0 Å². The molecule has 4 rings (SSSR count). The molecule has 1 N–H and O–H groups in total. The van der Waals surface area contributed by atoms with Crippen LogP contribution in [0.2, 0.25) is 0 Å². The van der Waals surface area contributed by atoms with Gasteiger partial charge in [0.2, 0.25) is 0 Å². The van der Waals surface area contributed by atoms with Gasteiger partial charge in [-0.25, -0.2) is 9.78 Å². The first-order valence-corrected chi connectivity index (χ1v) is 9.02. The number of carboxylic acid groups (broad SMARTS) is 1. The van der Waals surface area contributed by atoms with Crippen LogP contribution in [0.5, 0.6) is 0 Å². The van der Waals surface area contributed by atoms with E-state index < -0.39 is 11.5 Å². The van der Waals surface area contributed by atoms with Gasteiger partial charge in [0.05, 0.1) is 23.6 Å². The number of nitrogens with zero attached hydrogens (tertiary/aromatic N) is 5. The van der Waals surface area contributed by atoms with E-state index in [1.54, 1.807) is 6.33 Å². The zero-order valence-electron chi connectivity index (χ0n) is 14.9. The van der Waals surface area contributed by atoms with E-state index in [0.29, 0.717) is 12.8 Å². The molecule has 3 aromatic rings. The number of likely N-dealkylation sites (tertiary alicyclic amines) is 1. The van der Waals surface area contributed by atoms with Crippen LogP contribution < -0.4 is 0 Å². The van der Waals surface area contributed by atoms with Crippen LogP contribution in [0.3, 0.4) is 0 Å². The molecule has 1 saturated heterocycles. The molecule has 3 heterocycles. The summed E-state index contributed by atoms with van der Waals surface area (Å²) in [5.74, 6) is -0.779. The fourth-order valence-electron chi connectivity index (χ4n) is 3.86. The van der Waals surface area contributed by atoms with Gasteiger partial charge in [-0.15, -0.1) is 0 Å². The normalized spacial score (nSPS) is 17.6. The molecular formula is C19H23N5O2. The van der Waals surface area contributed by atoms with Crippen molar-refractivity contribution in [1.82, 2.24) is 24.2 Å². The third-order valence-electron chi connectivity index (χ3n) is 5.41. The molecule has 1 fully saturated rings. The van der Waals surface area contributed by atoms with Crippen LogP contribution in [0.25, 0.3) is 11.0 Å². The van der Waals surface area contributed by atoms with Crippen LogP contribution in [0.1, 0.15) is 25.3 Å². The average molecular weight is 353 g/mol. The number of hydrogen-bond acceptors (Lipinski definition) is 4. The topological polar surface area (TPSA) is 76.2 Å². The maximum Gasteiger partial charge on any atom is 0.330 e. The molecule has 26 heavy (non-hydrogen) atoms. The minimum absolute atomic E-state index is 0.560. The summed E-state index contributed by atoms with van der Waals surface area (Å²) in [5.41, 5.74) is 1.96. The lowest BCUT2D eigenvalue weighted by Crippen LogP contribution is -2.50. The molecule has 7 nitrogen and oxygen atoms in total. The van der Waals surface area contributed by atoms with Crippen molar-refractivity contribution in [3.05, 3.63) is 48.5 Å². The number of piperidine rings is 1. The van der Waals surface area contributed by atoms with E-state index >= 15 is 0 Å². The van der Waals surface area contributed by atoms with E-state index in [-0.39, 0.29) is 0 Å². The number of imidazole rings is 1. The Kier molecular flexibility index (Phi) is 4.24. The molecule has 0 atom stereocenters. The van der Waals surface area contributed by atoms with Gasteiger partial charge < -0.3 is 9.67 Å². The minimum Gasteiger partial charge on any atom is -0.479 e. The highest BCUT2D eigenvalue weighted by atomic mass is 16.4. The second-order valence-electron chi connectivity index (χ2n) is 6.92. The Labute approximate surface area is 151 Å². The van der Waals surface area contributed by atoms with Gasteiger partial charge in [-0.05, 0) is 31.9 Å². The van der Waals surface area contributed by atoms with Crippen LogP contribution in [-0.2, 0) is 23.4 Å². The largest absolute Gasteiger partial charge is 0.479 e. The number of aryl methyl sites for hydroxylation is 1. The quantitative estimate of drug-likeness (QED) is 0.762. The molecule has 2 aromatic heterocycles. The van der Waals surface area contributed by atoms with E-state index in [2.05, 4.69) is 28.1 Å². The number of para-hydroxylation sites is 2. The number of rotatable bonds is 5. The summed E-state index contributed by atoms with van der Waals surface area (Å²) in [4.78, 5) is 18.9. The van der Waals surface area contributed by atoms with Crippen molar-refractivity contribution in [3.8, 4) is 0 Å². The second-order valence-corrected chi connectivity index (χ2v) is 6.92. The molecular weight excluding hydrogens is 330 g/mol. The Hall–Kier alpha value is -2.67. The van der Waals surface area contributed by atoms with Crippen LogP contribution in [0.15, 0.2) is 43.0 Å². The Morgan fingerprint density at radius 2 is 2.04 bits per heavy atom. The Morgan fingerprint density at radius 1 is 1.27 bits per heavy atom. The number of fused-ring (bicyclic) bond motifs is 1. The molecule has 0 radical (unpaired) electrons. The summed E-state index contributed by atoms with van der Waals surface area (Å²) < 4.78 is 3.77. The van der Waals surface area contributed by atoms with Crippen molar-refractivity contribution in [2.75, 3.05) is 13.1 Å². The van der Waals surface area contributed by atoms with E-state index in [1.165, 1.54) is 5.56 Å². The fraction of sp³-hybridized carbons (Fsp3) is 0.421. The zero-order chi connectivity index (χ0) is 18.1. The number of carbonyl (C=O) groups is 1. The highest BCUT2D eigenvalue weighted by Gasteiger charge is 2.44. The second kappa shape index (κ2) is 6.57. The average Bonchev–Trinajstić information content (AvgIpc) is 3.29. The molecule has 0 aliphatic carbocycles. The first kappa shape index (κ1) is 16.8. The zero-order valence-corrected chi connectivity index (χ0v) is 14.9. The van der Waals surface area contributed by atoms with Crippen molar-refractivity contribution in [2.45, 2.75) is 38.4 Å². The summed E-state index contributed by atoms with van der Waals surface area (Å²) in [7, 11) is 0. The highest BCUT2D eigenvalue weighted by Crippen LogP contribution is 2.34. The summed E-state index contributed by atoms with van der Waals surface area (Å²) in [5, 5.41) is 14.4. The van der Waals surface area contributed by atoms with E-state index in [1.807, 2.05) is 39.7 Å². The lowest BCUT2D eigenvalue weighted by Gasteiger charge is -2.39. The van der Waals surface area contributed by atoms with E-state index in [4.69, 9.17) is 0 Å². The monoisotopic (exact) mass is 353 g/mol. The minimum atomic E-state index is -0.930. The van der Waals surface area contributed by atoms with Crippen LogP contribution in [-0.4, -0.2) is 48.4 Å². The van der Waals surface area contributed by atoms with Crippen LogP contribution in [0, 0.1) is 0 Å². The number of carboxylic acids is 1. The van der Waals surface area contributed by atoms with Gasteiger partial charge in [0, 0.05) is 37.9 Å². The number of hydrogen-bond donors (Lipinski definition) is 1. The maximum atomic E-state index is 12.2. The predicted octanol–water partition coefficient (Wildman–Crippen LogP) is 2.33. The molecule has 136 valence electrons. The summed E-state index contributed by atoms with van der Waals surface area (Å²) in [6.07, 6.45) is 6.75. The lowest BCUT2D eigenvalue weighted by molar-refractivity contribution is -0.150. The standard InChI is InChI=1S/C19H23N5O2/c1-2-23-13-15(11-21-23)12-22-9-7-19(8-10-22,18(25)26)24-14-20-16-5-3-4-6-17(16)24/h3-6,11,13-14H,2,7-10,12H2,1H3,(H,25,26). The molecule has 0 bridgehead atoms. The summed E-state index contributed by atoms with van der Waals surface area (Å²) >= 11 is 0. The smallest absolute Gasteiger partial charge is 0.330 e. The van der Waals surface area contributed by atoms with Crippen molar-refractivity contribution in [2.24, 2.45) is 0 Å². The molecule has 0 amide bonds. The van der Waals surface area contributed by atoms with Crippen molar-refractivity contribution < 1.29 is 9.90 Å². The first-order valence-electron chi connectivity index (χ1n) is 9.02. The molecule has 0 saturated carbocycles. The molecule has 0 unspecified atom stereocenters.